The summed E-state index contributed by atoms with van der Waals surface area (Å²) in [5.41, 5.74) is 13.7. The monoisotopic (exact) mass is 557 g/mol. The minimum absolute atomic E-state index is 0.0921. The fourth-order valence-corrected chi connectivity index (χ4v) is 6.70. The zero-order valence-corrected chi connectivity index (χ0v) is 25.8. The molecule has 4 heteroatoms. The number of nitrogens with zero attached hydrogens (tertiary/aromatic N) is 2. The molecule has 214 valence electrons. The number of hydrogen-bond acceptors (Lipinski definition) is 2. The van der Waals surface area contributed by atoms with Crippen molar-refractivity contribution in [1.82, 2.24) is 4.57 Å². The van der Waals surface area contributed by atoms with Gasteiger partial charge in [0.15, 0.2) is 12.3 Å². The molecule has 1 aromatic heterocycles. The second-order valence-electron chi connectivity index (χ2n) is 11.3. The van der Waals surface area contributed by atoms with Crippen molar-refractivity contribution in [1.29, 1.82) is 0 Å². The van der Waals surface area contributed by atoms with E-state index in [4.69, 9.17) is 0 Å². The van der Waals surface area contributed by atoms with E-state index in [1.54, 1.807) is 0 Å². The van der Waals surface area contributed by atoms with Crippen LogP contribution in [-0.4, -0.2) is 25.7 Å². The summed E-state index contributed by atoms with van der Waals surface area (Å²) in [6.45, 7) is 21.6. The number of ketones is 1. The first-order valence-corrected chi connectivity index (χ1v) is 14.8. The largest absolute Gasteiger partial charge is 0.506 e. The maximum absolute atomic E-state index is 14.2. The molecule has 42 heavy (non-hydrogen) atoms. The summed E-state index contributed by atoms with van der Waals surface area (Å²) in [4.78, 5) is 14.2. The van der Waals surface area contributed by atoms with Crippen molar-refractivity contribution < 1.29 is 14.5 Å². The van der Waals surface area contributed by atoms with Crippen LogP contribution < -0.4 is 0 Å². The minimum atomic E-state index is -0.0921. The smallest absolute Gasteiger partial charge is 0.224 e. The van der Waals surface area contributed by atoms with Crippen molar-refractivity contribution in [3.63, 3.8) is 0 Å². The van der Waals surface area contributed by atoms with Crippen LogP contribution in [0.3, 0.4) is 0 Å². The quantitative estimate of drug-likeness (QED) is 0.212. The first-order chi connectivity index (χ1) is 20.2. The number of hydrogen-bond donors (Lipinski definition) is 1. The van der Waals surface area contributed by atoms with Crippen molar-refractivity contribution in [2.45, 2.75) is 67.5 Å². The van der Waals surface area contributed by atoms with E-state index in [9.17, 15) is 9.90 Å². The van der Waals surface area contributed by atoms with Gasteiger partial charge in [-0.3, -0.25) is 4.79 Å². The van der Waals surface area contributed by atoms with Gasteiger partial charge in [0.05, 0.1) is 11.3 Å². The molecule has 2 aromatic carbocycles. The van der Waals surface area contributed by atoms with Gasteiger partial charge < -0.3 is 9.67 Å². The molecule has 1 N–H and O–H groups in total. The highest BCUT2D eigenvalue weighted by atomic mass is 16.3. The van der Waals surface area contributed by atoms with Crippen molar-refractivity contribution >= 4 is 29.2 Å². The van der Waals surface area contributed by atoms with Crippen LogP contribution in [0.15, 0.2) is 89.9 Å². The lowest BCUT2D eigenvalue weighted by Crippen LogP contribution is -2.28. The Balaban J connectivity index is 1.64. The van der Waals surface area contributed by atoms with Crippen LogP contribution in [0.1, 0.15) is 78.9 Å². The minimum Gasteiger partial charge on any atom is -0.506 e. The van der Waals surface area contributed by atoms with Gasteiger partial charge in [0.2, 0.25) is 11.5 Å². The van der Waals surface area contributed by atoms with Crippen LogP contribution in [0.5, 0.6) is 0 Å². The molecule has 0 saturated heterocycles. The Hall–Kier alpha value is -4.44. The molecule has 2 aliphatic rings. The van der Waals surface area contributed by atoms with E-state index in [2.05, 4.69) is 112 Å². The molecule has 0 spiro atoms. The lowest BCUT2D eigenvalue weighted by Gasteiger charge is -2.24. The zero-order chi connectivity index (χ0) is 30.3. The van der Waals surface area contributed by atoms with Gasteiger partial charge in [0.25, 0.3) is 0 Å². The summed E-state index contributed by atoms with van der Waals surface area (Å²) >= 11 is 0. The van der Waals surface area contributed by atoms with E-state index in [0.717, 1.165) is 69.0 Å². The second kappa shape index (κ2) is 11.4. The molecule has 5 rings (SSSR count). The van der Waals surface area contributed by atoms with Gasteiger partial charge in [0, 0.05) is 35.9 Å². The summed E-state index contributed by atoms with van der Waals surface area (Å²) < 4.78 is 4.40. The molecule has 0 fully saturated rings. The number of aliphatic hydroxyl groups is 1. The molecular weight excluding hydrogens is 516 g/mol. The molecule has 4 nitrogen and oxygen atoms in total. The Labute approximate surface area is 250 Å². The average molecular weight is 558 g/mol. The van der Waals surface area contributed by atoms with E-state index in [1.165, 1.54) is 11.1 Å². The normalized spacial score (nSPS) is 17.0. The van der Waals surface area contributed by atoms with Crippen LogP contribution in [-0.2, 0) is 24.3 Å². The molecule has 1 aliphatic heterocycles. The molecular formula is C38H41N2O2+. The molecule has 0 radical (unpaired) electrons. The number of aliphatic hydroxyl groups excluding tert-OH is 1. The van der Waals surface area contributed by atoms with Crippen LogP contribution in [0, 0.1) is 13.8 Å². The lowest BCUT2D eigenvalue weighted by molar-refractivity contribution is -0.487. The average Bonchev–Trinajstić information content (AvgIpc) is 3.36. The van der Waals surface area contributed by atoms with E-state index < -0.39 is 0 Å². The third-order valence-electron chi connectivity index (χ3n) is 9.06. The first kappa shape index (κ1) is 29.1. The summed E-state index contributed by atoms with van der Waals surface area (Å²) in [6, 6.07) is 16.6. The van der Waals surface area contributed by atoms with Gasteiger partial charge in [-0.25, -0.2) is 0 Å². The summed E-state index contributed by atoms with van der Waals surface area (Å²) in [7, 11) is 0. The third-order valence-corrected chi connectivity index (χ3v) is 9.06. The molecule has 0 atom stereocenters. The Morgan fingerprint density at radius 2 is 1.40 bits per heavy atom. The number of aromatic nitrogens is 1. The van der Waals surface area contributed by atoms with Gasteiger partial charge in [-0.1, -0.05) is 87.7 Å². The number of Topliss-reactive ketones (excluding diaryl/α,β-unsaturated/α-hetero) is 1. The van der Waals surface area contributed by atoms with E-state index in [-0.39, 0.29) is 11.5 Å². The number of rotatable bonds is 9. The van der Waals surface area contributed by atoms with Crippen LogP contribution in [0.2, 0.25) is 0 Å². The SMILES string of the molecule is C=Cc1ccc(Cn2c(C)c(CC)c(C)c2C2=C(O)/C(=C3/C(C)=C(CC)C(C)=[N+]3Cc3ccc(C=C)cc3)C2=O)cc1. The molecule has 0 saturated carbocycles. The number of allylic oxidation sites excluding steroid dienone is 4. The number of benzene rings is 2. The fourth-order valence-electron chi connectivity index (χ4n) is 6.70. The van der Waals surface area contributed by atoms with Gasteiger partial charge in [-0.05, 0) is 61.4 Å². The topological polar surface area (TPSA) is 45.2 Å². The lowest BCUT2D eigenvalue weighted by atomic mass is 9.81. The van der Waals surface area contributed by atoms with E-state index in [1.807, 2.05) is 12.2 Å². The highest BCUT2D eigenvalue weighted by Crippen LogP contribution is 2.44. The van der Waals surface area contributed by atoms with Crippen LogP contribution in [0.4, 0.5) is 0 Å². The predicted octanol–water partition coefficient (Wildman–Crippen LogP) is 8.52. The number of carbonyl (C=O) groups is 1. The Morgan fingerprint density at radius 1 is 0.833 bits per heavy atom. The molecule has 1 aliphatic carbocycles. The van der Waals surface area contributed by atoms with Crippen molar-refractivity contribution in [2.24, 2.45) is 0 Å². The Bertz CT molecular complexity index is 1750. The standard InChI is InChI=1S/C38H40N2O2/c1-9-27-13-17-29(18-14-27)21-39-25(7)31(11-3)23(5)35(39)33-37(41)34(38(33)42)36-24(6)32(12-4)26(8)40(36)22-30-19-15-28(10-2)16-20-30/h9-10,13-20H,1-2,11-12,21-22H2,3-8H3/p+1. The van der Waals surface area contributed by atoms with Crippen LogP contribution >= 0.6 is 0 Å². The van der Waals surface area contributed by atoms with Gasteiger partial charge in [-0.15, -0.1) is 0 Å². The van der Waals surface area contributed by atoms with E-state index in [0.29, 0.717) is 24.2 Å². The maximum Gasteiger partial charge on any atom is 0.224 e. The van der Waals surface area contributed by atoms with Gasteiger partial charge >= 0.3 is 0 Å². The van der Waals surface area contributed by atoms with Crippen molar-refractivity contribution in [3.8, 4) is 0 Å². The predicted molar refractivity (Wildman–Crippen MR) is 175 cm³/mol. The number of carbonyl (C=O) groups excluding carboxylic acids is 1. The zero-order valence-electron chi connectivity index (χ0n) is 25.8. The second-order valence-corrected chi connectivity index (χ2v) is 11.3. The summed E-state index contributed by atoms with van der Waals surface area (Å²) in [5.74, 6) is 0.00327. The van der Waals surface area contributed by atoms with Crippen molar-refractivity contribution in [2.75, 3.05) is 0 Å². The summed E-state index contributed by atoms with van der Waals surface area (Å²) in [5, 5.41) is 11.7. The van der Waals surface area contributed by atoms with Crippen molar-refractivity contribution in [3.05, 3.63) is 135 Å². The van der Waals surface area contributed by atoms with Gasteiger partial charge in [0.1, 0.15) is 11.3 Å². The highest BCUT2D eigenvalue weighted by Gasteiger charge is 2.46. The highest BCUT2D eigenvalue weighted by molar-refractivity contribution is 6.39. The molecule has 0 amide bonds. The Morgan fingerprint density at radius 3 is 1.90 bits per heavy atom. The molecule has 0 unspecified atom stereocenters. The summed E-state index contributed by atoms with van der Waals surface area (Å²) in [6.07, 6.45) is 5.39. The van der Waals surface area contributed by atoms with Crippen LogP contribution in [0.25, 0.3) is 17.7 Å². The van der Waals surface area contributed by atoms with Gasteiger partial charge in [-0.2, -0.15) is 4.58 Å². The fraction of sp³-hybridized carbons (Fsp3) is 0.263. The third kappa shape index (κ3) is 4.65. The Kier molecular flexibility index (Phi) is 7.92. The molecule has 0 bridgehead atoms. The van der Waals surface area contributed by atoms with E-state index >= 15 is 0 Å². The molecule has 2 heterocycles. The molecule has 3 aromatic rings. The maximum atomic E-state index is 14.2. The first-order valence-electron chi connectivity index (χ1n) is 14.8.